The van der Waals surface area contributed by atoms with Gasteiger partial charge in [0.1, 0.15) is 42.1 Å². The van der Waals surface area contributed by atoms with E-state index in [4.69, 9.17) is 37.9 Å². The molecule has 3 aliphatic rings. The van der Waals surface area contributed by atoms with E-state index < -0.39 is 84.1 Å². The molecule has 1 unspecified atom stereocenters. The Kier molecular flexibility index (Phi) is 14.7. The van der Waals surface area contributed by atoms with Crippen molar-refractivity contribution in [3.63, 3.8) is 0 Å². The van der Waals surface area contributed by atoms with Crippen LogP contribution in [-0.4, -0.2) is 122 Å². The summed E-state index contributed by atoms with van der Waals surface area (Å²) in [6.45, 7) is 18.3. The molecule has 0 aliphatic carbocycles. The maximum atomic E-state index is 13.8. The first kappa shape index (κ1) is 41.7. The lowest BCUT2D eigenvalue weighted by atomic mass is 9.79. The smallest absolute Gasteiger partial charge is 0.311 e. The van der Waals surface area contributed by atoms with Crippen molar-refractivity contribution < 1.29 is 57.7 Å². The zero-order chi connectivity index (χ0) is 37.0. The SMILES string of the molecule is CN[C@H]1C[C@@H](C)O[C@@H](O[C@H]([C@@H](C)[C@H](O[C@H]2C[C@@](C)(OC)[C@@H](O)[C@H](C)O2)[C@@H](C)C(=O)O[C@@H](C)C(C)OC)[C@@]2(C)CC(C)=C([C@@H](C)C=O)O2)[C@@H]1O. The van der Waals surface area contributed by atoms with Crippen LogP contribution in [0.2, 0.25) is 0 Å². The van der Waals surface area contributed by atoms with Crippen LogP contribution in [0.15, 0.2) is 11.3 Å². The predicted octanol–water partition coefficient (Wildman–Crippen LogP) is 3.27. The highest BCUT2D eigenvalue weighted by Gasteiger charge is 2.54. The summed E-state index contributed by atoms with van der Waals surface area (Å²) in [6, 6.07) is -0.284. The summed E-state index contributed by atoms with van der Waals surface area (Å²) in [5, 5.41) is 25.4. The van der Waals surface area contributed by atoms with Crippen LogP contribution in [-0.2, 0) is 47.5 Å². The molecule has 13 nitrogen and oxygen atoms in total. The molecule has 3 aliphatic heterocycles. The van der Waals surface area contributed by atoms with Crippen molar-refractivity contribution in [2.75, 3.05) is 21.3 Å². The monoisotopic (exact) mass is 701 g/mol. The van der Waals surface area contributed by atoms with Gasteiger partial charge in [-0.15, -0.1) is 0 Å². The second-order valence-corrected chi connectivity index (χ2v) is 14.9. The van der Waals surface area contributed by atoms with Crippen LogP contribution in [0.3, 0.4) is 0 Å². The predicted molar refractivity (Wildman–Crippen MR) is 180 cm³/mol. The lowest BCUT2D eigenvalue weighted by Gasteiger charge is -2.48. The summed E-state index contributed by atoms with van der Waals surface area (Å²) in [4.78, 5) is 25.7. The molecule has 16 atom stereocenters. The lowest BCUT2D eigenvalue weighted by molar-refractivity contribution is -0.314. The molecule has 2 saturated heterocycles. The number of carbonyl (C=O) groups is 2. The van der Waals surface area contributed by atoms with E-state index in [1.54, 1.807) is 48.8 Å². The van der Waals surface area contributed by atoms with E-state index in [1.165, 1.54) is 7.11 Å². The van der Waals surface area contributed by atoms with Gasteiger partial charge in [-0.3, -0.25) is 4.79 Å². The van der Waals surface area contributed by atoms with E-state index in [0.29, 0.717) is 18.6 Å². The fraction of sp³-hybridized carbons (Fsp3) is 0.889. The molecule has 0 radical (unpaired) electrons. The van der Waals surface area contributed by atoms with Gasteiger partial charge in [-0.2, -0.15) is 0 Å². The van der Waals surface area contributed by atoms with Gasteiger partial charge in [-0.1, -0.05) is 6.92 Å². The lowest BCUT2D eigenvalue weighted by Crippen LogP contribution is -2.60. The number of aliphatic hydroxyl groups excluding tert-OH is 2. The van der Waals surface area contributed by atoms with Crippen molar-refractivity contribution in [1.82, 2.24) is 5.32 Å². The molecule has 0 bridgehead atoms. The van der Waals surface area contributed by atoms with E-state index in [1.807, 2.05) is 34.6 Å². The molecule has 0 aromatic rings. The largest absolute Gasteiger partial charge is 0.488 e. The third kappa shape index (κ3) is 9.41. The van der Waals surface area contributed by atoms with E-state index in [-0.39, 0.29) is 24.7 Å². The highest BCUT2D eigenvalue weighted by Crippen LogP contribution is 2.45. The normalized spacial score (nSPS) is 38.1. The minimum Gasteiger partial charge on any atom is -0.488 e. The van der Waals surface area contributed by atoms with E-state index in [9.17, 15) is 19.8 Å². The van der Waals surface area contributed by atoms with Crippen LogP contribution < -0.4 is 5.32 Å². The third-order valence-corrected chi connectivity index (χ3v) is 10.9. The Morgan fingerprint density at radius 3 is 2.27 bits per heavy atom. The number of methoxy groups -OCH3 is 2. The van der Waals surface area contributed by atoms with Gasteiger partial charge >= 0.3 is 5.97 Å². The summed E-state index contributed by atoms with van der Waals surface area (Å²) in [5.74, 6) is -1.89. The zero-order valence-corrected chi connectivity index (χ0v) is 31.8. The number of hydrogen-bond donors (Lipinski definition) is 3. The number of esters is 1. The van der Waals surface area contributed by atoms with Crippen LogP contribution in [0.25, 0.3) is 0 Å². The van der Waals surface area contributed by atoms with Crippen molar-refractivity contribution in [3.8, 4) is 0 Å². The first-order chi connectivity index (χ1) is 22.9. The van der Waals surface area contributed by atoms with E-state index in [0.717, 1.165) is 11.9 Å². The number of rotatable bonds is 16. The number of nitrogens with one attached hydrogen (secondary N) is 1. The van der Waals surface area contributed by atoms with Crippen molar-refractivity contribution in [1.29, 1.82) is 0 Å². The Morgan fingerprint density at radius 2 is 1.69 bits per heavy atom. The quantitative estimate of drug-likeness (QED) is 0.159. The van der Waals surface area contributed by atoms with Crippen LogP contribution in [0, 0.1) is 17.8 Å². The summed E-state index contributed by atoms with van der Waals surface area (Å²) in [7, 11) is 4.86. The number of aliphatic hydroxyl groups is 2. The number of ether oxygens (including phenoxy) is 8. The van der Waals surface area contributed by atoms with Gasteiger partial charge in [0, 0.05) is 39.0 Å². The summed E-state index contributed by atoms with van der Waals surface area (Å²) < 4.78 is 49.5. The van der Waals surface area contributed by atoms with Gasteiger partial charge in [0.15, 0.2) is 12.6 Å². The first-order valence-electron chi connectivity index (χ1n) is 17.6. The van der Waals surface area contributed by atoms with Crippen LogP contribution in [0.5, 0.6) is 0 Å². The molecule has 0 saturated carbocycles. The number of carbonyl (C=O) groups excluding carboxylic acids is 2. The molecular formula is C36H63NO12. The Hall–Kier alpha value is -1.68. The minimum atomic E-state index is -1.05. The molecule has 0 aromatic carbocycles. The van der Waals surface area contributed by atoms with E-state index >= 15 is 0 Å². The van der Waals surface area contributed by atoms with Gasteiger partial charge in [0.25, 0.3) is 0 Å². The fourth-order valence-electron chi connectivity index (χ4n) is 7.46. The summed E-state index contributed by atoms with van der Waals surface area (Å²) in [6.07, 6.45) is -5.25. The molecule has 3 N–H and O–H groups in total. The fourth-order valence-corrected chi connectivity index (χ4v) is 7.46. The van der Waals surface area contributed by atoms with Crippen LogP contribution >= 0.6 is 0 Å². The average molecular weight is 702 g/mol. The summed E-state index contributed by atoms with van der Waals surface area (Å²) >= 11 is 0. The zero-order valence-electron chi connectivity index (χ0n) is 31.8. The Balaban J connectivity index is 2.08. The van der Waals surface area contributed by atoms with Gasteiger partial charge in [0.2, 0.25) is 0 Å². The molecule has 13 heteroatoms. The molecule has 2 fully saturated rings. The molecule has 0 aromatic heterocycles. The molecule has 3 rings (SSSR count). The Bertz CT molecular complexity index is 1140. The first-order valence-corrected chi connectivity index (χ1v) is 17.6. The van der Waals surface area contributed by atoms with Gasteiger partial charge < -0.3 is 58.2 Å². The van der Waals surface area contributed by atoms with Crippen molar-refractivity contribution >= 4 is 12.3 Å². The Labute approximate surface area is 292 Å². The second kappa shape index (κ2) is 17.2. The van der Waals surface area contributed by atoms with Crippen LogP contribution in [0.1, 0.15) is 88.5 Å². The van der Waals surface area contributed by atoms with Gasteiger partial charge in [-0.25, -0.2) is 0 Å². The highest BCUT2D eigenvalue weighted by molar-refractivity contribution is 5.73. The topological polar surface area (TPSA) is 160 Å². The number of likely N-dealkylation sites (N-methyl/N-ethyl adjacent to an activating group) is 1. The molecule has 284 valence electrons. The molecule has 3 heterocycles. The Morgan fingerprint density at radius 1 is 1.04 bits per heavy atom. The highest BCUT2D eigenvalue weighted by atomic mass is 16.7. The van der Waals surface area contributed by atoms with Gasteiger partial charge in [-0.05, 0) is 81.4 Å². The molecule has 49 heavy (non-hydrogen) atoms. The van der Waals surface area contributed by atoms with Crippen molar-refractivity contribution in [3.05, 3.63) is 11.3 Å². The molecular weight excluding hydrogens is 638 g/mol. The minimum absolute atomic E-state index is 0.184. The van der Waals surface area contributed by atoms with Crippen molar-refractivity contribution in [2.24, 2.45) is 17.8 Å². The third-order valence-electron chi connectivity index (χ3n) is 10.9. The van der Waals surface area contributed by atoms with Gasteiger partial charge in [0.05, 0.1) is 41.9 Å². The standard InChI is InChI=1S/C36H63NO12/c1-18-15-36(10,49-29(18)19(2)17-38)32(48-34-28(39)26(37-11)14-20(3)44-34)21(4)30(22(5)33(41)46-24(7)23(6)42-12)47-27-16-35(9,43-13)31(40)25(8)45-27/h17,19-28,30-32,34,37,39-40H,14-16H2,1-13H3/t19-,20+,21-,22+,23?,24-,25-,26-,27-,28+,30-,31-,32+,34-,35+,36+/m0/s1. The van der Waals surface area contributed by atoms with E-state index in [2.05, 4.69) is 5.32 Å². The number of hydrogen-bond acceptors (Lipinski definition) is 13. The maximum absolute atomic E-state index is 13.8. The number of allylic oxidation sites excluding steroid dienone is 1. The summed E-state index contributed by atoms with van der Waals surface area (Å²) in [5.41, 5.74) is -1.12. The van der Waals surface area contributed by atoms with Crippen molar-refractivity contribution in [2.45, 2.75) is 167 Å². The molecule has 0 amide bonds. The maximum Gasteiger partial charge on any atom is 0.311 e. The average Bonchev–Trinajstić information content (AvgIpc) is 3.38. The van der Waals surface area contributed by atoms with Crippen LogP contribution in [0.4, 0.5) is 0 Å². The second-order valence-electron chi connectivity index (χ2n) is 14.9. The molecule has 0 spiro atoms. The number of aldehydes is 1.